The lowest BCUT2D eigenvalue weighted by atomic mass is 10.1. The average Bonchev–Trinajstić information content (AvgIpc) is 2.61. The first-order chi connectivity index (χ1) is 12.5. The maximum atomic E-state index is 12.5. The van der Waals surface area contributed by atoms with E-state index in [-0.39, 0.29) is 17.9 Å². The number of fused-ring (bicyclic) bond motifs is 1. The van der Waals surface area contributed by atoms with E-state index in [1.54, 1.807) is 12.1 Å². The maximum Gasteiger partial charge on any atom is 0.262 e. The van der Waals surface area contributed by atoms with Crippen molar-refractivity contribution < 1.29 is 9.59 Å². The van der Waals surface area contributed by atoms with Gasteiger partial charge in [-0.1, -0.05) is 48.5 Å². The summed E-state index contributed by atoms with van der Waals surface area (Å²) in [4.78, 5) is 26.3. The maximum absolute atomic E-state index is 12.5. The Balaban J connectivity index is 1.83. The van der Waals surface area contributed by atoms with E-state index in [9.17, 15) is 9.59 Å². The zero-order valence-corrected chi connectivity index (χ0v) is 15.9. The van der Waals surface area contributed by atoms with Crippen molar-refractivity contribution in [2.45, 2.75) is 38.1 Å². The molecule has 0 spiro atoms. The van der Waals surface area contributed by atoms with Crippen molar-refractivity contribution in [1.29, 1.82) is 0 Å². The van der Waals surface area contributed by atoms with E-state index in [0.717, 1.165) is 22.4 Å². The molecule has 1 heterocycles. The molecule has 4 nitrogen and oxygen atoms in total. The quantitative estimate of drug-likeness (QED) is 0.777. The van der Waals surface area contributed by atoms with Gasteiger partial charge in [-0.2, -0.15) is 0 Å². The highest BCUT2D eigenvalue weighted by molar-refractivity contribution is 8.04. The second kappa shape index (κ2) is 7.79. The number of benzene rings is 2. The molecule has 0 saturated heterocycles. The highest BCUT2D eigenvalue weighted by Crippen LogP contribution is 2.39. The predicted octanol–water partition coefficient (Wildman–Crippen LogP) is 4.61. The third kappa shape index (κ3) is 4.17. The van der Waals surface area contributed by atoms with Gasteiger partial charge in [-0.05, 0) is 50.1 Å². The van der Waals surface area contributed by atoms with E-state index in [0.29, 0.717) is 16.2 Å². The summed E-state index contributed by atoms with van der Waals surface area (Å²) in [5.74, 6) is -0.272. The molecule has 1 atom stereocenters. The number of hydrogen-bond donors (Lipinski definition) is 2. The van der Waals surface area contributed by atoms with Crippen LogP contribution in [0, 0.1) is 6.92 Å². The van der Waals surface area contributed by atoms with Crippen LogP contribution in [0.3, 0.4) is 0 Å². The van der Waals surface area contributed by atoms with Gasteiger partial charge in [0.2, 0.25) is 0 Å². The van der Waals surface area contributed by atoms with Gasteiger partial charge in [-0.15, -0.1) is 0 Å². The summed E-state index contributed by atoms with van der Waals surface area (Å²) in [6.45, 7) is 6.02. The Morgan fingerprint density at radius 3 is 2.81 bits per heavy atom. The first-order valence-electron chi connectivity index (χ1n) is 8.68. The Morgan fingerprint density at radius 1 is 1.27 bits per heavy atom. The van der Waals surface area contributed by atoms with Crippen LogP contribution in [0.5, 0.6) is 0 Å². The minimum atomic E-state index is -0.150. The van der Waals surface area contributed by atoms with E-state index in [1.165, 1.54) is 11.8 Å². The summed E-state index contributed by atoms with van der Waals surface area (Å²) in [6, 6.07) is 13.6. The summed E-state index contributed by atoms with van der Waals surface area (Å²) in [5, 5.41) is 5.84. The van der Waals surface area contributed by atoms with Gasteiger partial charge in [0.05, 0.1) is 10.6 Å². The molecule has 2 N–H and O–H groups in total. The van der Waals surface area contributed by atoms with Gasteiger partial charge in [0.15, 0.2) is 0 Å². The second-order valence-electron chi connectivity index (χ2n) is 6.47. The second-order valence-corrected chi connectivity index (χ2v) is 7.56. The van der Waals surface area contributed by atoms with Gasteiger partial charge < -0.3 is 10.6 Å². The number of hydrogen-bond acceptors (Lipinski definition) is 3. The fourth-order valence-corrected chi connectivity index (χ4v) is 3.55. The number of carbonyl (C=O) groups excluding carboxylic acids is 2. The lowest BCUT2D eigenvalue weighted by Crippen LogP contribution is -2.32. The molecule has 0 radical (unpaired) electrons. The van der Waals surface area contributed by atoms with Crippen LogP contribution in [0.15, 0.2) is 52.3 Å². The smallest absolute Gasteiger partial charge is 0.262 e. The lowest BCUT2D eigenvalue weighted by molar-refractivity contribution is -0.112. The number of thioether (sulfide) groups is 1. The van der Waals surface area contributed by atoms with Crippen molar-refractivity contribution in [3.8, 4) is 0 Å². The molecule has 1 aliphatic heterocycles. The van der Waals surface area contributed by atoms with E-state index in [1.807, 2.05) is 57.2 Å². The molecule has 1 unspecified atom stereocenters. The molecule has 0 aromatic heterocycles. The van der Waals surface area contributed by atoms with E-state index >= 15 is 0 Å². The molecule has 0 aliphatic carbocycles. The molecule has 2 aromatic carbocycles. The van der Waals surface area contributed by atoms with E-state index in [4.69, 9.17) is 0 Å². The molecular weight excluding hydrogens is 344 g/mol. The summed E-state index contributed by atoms with van der Waals surface area (Å²) < 4.78 is 0. The molecular formula is C21H22N2O2S. The molecule has 0 saturated carbocycles. The minimum Gasteiger partial charge on any atom is -0.350 e. The number of nitrogens with one attached hydrogen (secondary N) is 2. The van der Waals surface area contributed by atoms with Crippen LogP contribution in [-0.2, 0) is 4.79 Å². The van der Waals surface area contributed by atoms with Gasteiger partial charge in [0, 0.05) is 16.5 Å². The summed E-state index contributed by atoms with van der Waals surface area (Å²) in [6.07, 6.45) is 2.76. The van der Waals surface area contributed by atoms with Crippen molar-refractivity contribution in [2.75, 3.05) is 5.32 Å². The van der Waals surface area contributed by atoms with Crippen LogP contribution < -0.4 is 10.6 Å². The fourth-order valence-electron chi connectivity index (χ4n) is 2.62. The molecule has 26 heavy (non-hydrogen) atoms. The molecule has 3 rings (SSSR count). The molecule has 134 valence electrons. The Hall–Kier alpha value is -2.53. The van der Waals surface area contributed by atoms with Crippen LogP contribution in [0.2, 0.25) is 0 Å². The van der Waals surface area contributed by atoms with Gasteiger partial charge in [0.1, 0.15) is 0 Å². The first-order valence-corrected chi connectivity index (χ1v) is 9.50. The predicted molar refractivity (Wildman–Crippen MR) is 107 cm³/mol. The molecule has 2 amide bonds. The Kier molecular flexibility index (Phi) is 5.47. The topological polar surface area (TPSA) is 58.2 Å². The molecule has 2 aromatic rings. The normalized spacial score (nSPS) is 16.0. The van der Waals surface area contributed by atoms with Crippen LogP contribution in [-0.4, -0.2) is 17.9 Å². The third-order valence-corrected chi connectivity index (χ3v) is 5.36. The summed E-state index contributed by atoms with van der Waals surface area (Å²) >= 11 is 1.42. The number of aryl methyl sites for hydroxylation is 1. The Bertz CT molecular complexity index is 889. The molecule has 5 heteroatoms. The lowest BCUT2D eigenvalue weighted by Gasteiger charge is -2.20. The van der Waals surface area contributed by atoms with Crippen molar-refractivity contribution in [3.63, 3.8) is 0 Å². The monoisotopic (exact) mass is 366 g/mol. The van der Waals surface area contributed by atoms with Crippen LogP contribution in [0.1, 0.15) is 41.8 Å². The van der Waals surface area contributed by atoms with Crippen LogP contribution in [0.25, 0.3) is 6.08 Å². The fraction of sp³-hybridized carbons (Fsp3) is 0.238. The molecule has 0 fully saturated rings. The number of anilines is 1. The van der Waals surface area contributed by atoms with Crippen LogP contribution in [0.4, 0.5) is 5.69 Å². The molecule has 1 aliphatic rings. The SMILES string of the molecule is CCC(C)NC(=O)c1ccc2c(c1)NC(=O)C(=Cc1cccc(C)c1)S2. The van der Waals surface area contributed by atoms with E-state index in [2.05, 4.69) is 10.6 Å². The van der Waals surface area contributed by atoms with Gasteiger partial charge in [-0.3, -0.25) is 9.59 Å². The highest BCUT2D eigenvalue weighted by Gasteiger charge is 2.22. The van der Waals surface area contributed by atoms with Crippen molar-refractivity contribution in [1.82, 2.24) is 5.32 Å². The molecule has 0 bridgehead atoms. The van der Waals surface area contributed by atoms with Crippen molar-refractivity contribution >= 4 is 35.3 Å². The van der Waals surface area contributed by atoms with Gasteiger partial charge in [0.25, 0.3) is 11.8 Å². The number of carbonyl (C=O) groups is 2. The van der Waals surface area contributed by atoms with Crippen LogP contribution >= 0.6 is 11.8 Å². The standard InChI is InChI=1S/C21H22N2O2S/c1-4-14(3)22-20(24)16-8-9-18-17(12-16)23-21(25)19(26-18)11-15-7-5-6-13(2)10-15/h5-12,14H,4H2,1-3H3,(H,22,24)(H,23,25). The summed E-state index contributed by atoms with van der Waals surface area (Å²) in [5.41, 5.74) is 3.38. The van der Waals surface area contributed by atoms with Gasteiger partial charge in [-0.25, -0.2) is 0 Å². The van der Waals surface area contributed by atoms with E-state index < -0.39 is 0 Å². The largest absolute Gasteiger partial charge is 0.350 e. The number of amides is 2. The third-order valence-electron chi connectivity index (χ3n) is 4.26. The summed E-state index contributed by atoms with van der Waals surface area (Å²) in [7, 11) is 0. The zero-order chi connectivity index (χ0) is 18.7. The Morgan fingerprint density at radius 2 is 2.08 bits per heavy atom. The highest BCUT2D eigenvalue weighted by atomic mass is 32.2. The minimum absolute atomic E-state index is 0.117. The van der Waals surface area contributed by atoms with Crippen molar-refractivity contribution in [2.24, 2.45) is 0 Å². The first kappa shape index (κ1) is 18.3. The Labute approximate surface area is 158 Å². The van der Waals surface area contributed by atoms with Gasteiger partial charge >= 0.3 is 0 Å². The van der Waals surface area contributed by atoms with Crippen molar-refractivity contribution in [3.05, 3.63) is 64.1 Å². The number of rotatable bonds is 4. The zero-order valence-electron chi connectivity index (χ0n) is 15.1. The average molecular weight is 366 g/mol.